The number of esters is 1. The molecule has 8 heteroatoms. The number of rotatable bonds is 9. The number of aromatic amines is 1. The minimum Gasteiger partial charge on any atom is -0.462 e. The van der Waals surface area contributed by atoms with E-state index in [-0.39, 0.29) is 17.6 Å². The lowest BCUT2D eigenvalue weighted by Gasteiger charge is -2.06. The summed E-state index contributed by atoms with van der Waals surface area (Å²) in [6, 6.07) is 6.64. The van der Waals surface area contributed by atoms with Gasteiger partial charge in [-0.25, -0.2) is 9.78 Å². The van der Waals surface area contributed by atoms with E-state index in [0.717, 1.165) is 28.7 Å². The first kappa shape index (κ1) is 20.4. The van der Waals surface area contributed by atoms with Crippen LogP contribution in [0.3, 0.4) is 0 Å². The number of benzene rings is 1. The van der Waals surface area contributed by atoms with Crippen molar-refractivity contribution in [1.29, 1.82) is 0 Å². The maximum Gasteiger partial charge on any atom is 0.338 e. The number of hydrogen-bond donors (Lipinski definition) is 2. The molecule has 6 nitrogen and oxygen atoms in total. The number of amides is 1. The Balaban J connectivity index is 1.84. The molecule has 140 valence electrons. The lowest BCUT2D eigenvalue weighted by atomic mass is 10.2. The van der Waals surface area contributed by atoms with E-state index in [1.807, 2.05) is 6.92 Å². The summed E-state index contributed by atoms with van der Waals surface area (Å²) in [6.45, 7) is 4.09. The molecule has 0 atom stereocenters. The predicted molar refractivity (Wildman–Crippen MR) is 107 cm³/mol. The summed E-state index contributed by atoms with van der Waals surface area (Å²) >= 11 is 3.16. The second-order valence-electron chi connectivity index (χ2n) is 5.49. The number of hydrogen-bond acceptors (Lipinski definition) is 6. The highest BCUT2D eigenvalue weighted by Gasteiger charge is 2.10. The highest BCUT2D eigenvalue weighted by atomic mass is 32.2. The fraction of sp³-hybridized carbons (Fsp3) is 0.389. The van der Waals surface area contributed by atoms with E-state index < -0.39 is 0 Å². The zero-order valence-electron chi connectivity index (χ0n) is 15.1. The van der Waals surface area contributed by atoms with Gasteiger partial charge in [0.2, 0.25) is 5.91 Å². The Morgan fingerprint density at radius 1 is 1.27 bits per heavy atom. The number of carbonyl (C=O) groups excluding carboxylic acids is 2. The average molecular weight is 394 g/mol. The highest BCUT2D eigenvalue weighted by molar-refractivity contribution is 7.99. The number of anilines is 1. The van der Waals surface area contributed by atoms with Crippen molar-refractivity contribution < 1.29 is 14.3 Å². The van der Waals surface area contributed by atoms with Crippen molar-refractivity contribution in [3.05, 3.63) is 41.2 Å². The second kappa shape index (κ2) is 10.3. The Hall–Kier alpha value is -1.93. The summed E-state index contributed by atoms with van der Waals surface area (Å²) < 4.78 is 4.93. The van der Waals surface area contributed by atoms with Crippen molar-refractivity contribution in [3.63, 3.8) is 0 Å². The number of aryl methyl sites for hydroxylation is 2. The Kier molecular flexibility index (Phi) is 8.06. The van der Waals surface area contributed by atoms with Gasteiger partial charge in [-0.05, 0) is 50.1 Å². The van der Waals surface area contributed by atoms with Crippen LogP contribution in [-0.2, 0) is 16.0 Å². The summed E-state index contributed by atoms with van der Waals surface area (Å²) in [7, 11) is 0. The van der Waals surface area contributed by atoms with Crippen molar-refractivity contribution in [3.8, 4) is 0 Å². The third-order valence-electron chi connectivity index (χ3n) is 3.53. The van der Waals surface area contributed by atoms with Gasteiger partial charge in [-0.15, -0.1) is 0 Å². The van der Waals surface area contributed by atoms with Crippen molar-refractivity contribution in [2.75, 3.05) is 29.7 Å². The van der Waals surface area contributed by atoms with Crippen molar-refractivity contribution >= 4 is 41.1 Å². The maximum absolute atomic E-state index is 12.1. The van der Waals surface area contributed by atoms with Crippen molar-refractivity contribution in [2.24, 2.45) is 0 Å². The summed E-state index contributed by atoms with van der Waals surface area (Å²) in [5.74, 6) is 0.789. The molecule has 1 amide bonds. The van der Waals surface area contributed by atoms with E-state index in [1.54, 1.807) is 43.0 Å². The molecule has 0 radical (unpaired) electrons. The quantitative estimate of drug-likeness (QED) is 0.501. The van der Waals surface area contributed by atoms with Gasteiger partial charge in [0.1, 0.15) is 0 Å². The Morgan fingerprint density at radius 3 is 2.65 bits per heavy atom. The van der Waals surface area contributed by atoms with Gasteiger partial charge in [-0.2, -0.15) is 11.8 Å². The number of H-pyrrole nitrogens is 1. The van der Waals surface area contributed by atoms with E-state index in [4.69, 9.17) is 4.74 Å². The molecule has 2 N–H and O–H groups in total. The van der Waals surface area contributed by atoms with E-state index >= 15 is 0 Å². The van der Waals surface area contributed by atoms with E-state index in [0.29, 0.717) is 17.9 Å². The zero-order chi connectivity index (χ0) is 18.9. The monoisotopic (exact) mass is 393 g/mol. The van der Waals surface area contributed by atoms with Crippen LogP contribution in [0.15, 0.2) is 29.4 Å². The number of imidazole rings is 1. The average Bonchev–Trinajstić information content (AvgIpc) is 2.99. The lowest BCUT2D eigenvalue weighted by Crippen LogP contribution is -2.14. The second-order valence-corrected chi connectivity index (χ2v) is 7.44. The normalized spacial score (nSPS) is 10.6. The largest absolute Gasteiger partial charge is 0.462 e. The van der Waals surface area contributed by atoms with E-state index in [2.05, 4.69) is 21.5 Å². The van der Waals surface area contributed by atoms with Gasteiger partial charge in [0, 0.05) is 17.8 Å². The number of nitrogens with zero attached hydrogens (tertiary/aromatic N) is 1. The number of thioether (sulfide) groups is 2. The van der Waals surface area contributed by atoms with Crippen LogP contribution >= 0.6 is 23.5 Å². The number of carbonyl (C=O) groups is 2. The predicted octanol–water partition coefficient (Wildman–Crippen LogP) is 3.53. The summed E-state index contributed by atoms with van der Waals surface area (Å²) in [5, 5.41) is 3.57. The Morgan fingerprint density at radius 2 is 2.00 bits per heavy atom. The highest BCUT2D eigenvalue weighted by Crippen LogP contribution is 2.18. The zero-order valence-corrected chi connectivity index (χ0v) is 16.8. The van der Waals surface area contributed by atoms with Gasteiger partial charge in [-0.1, -0.05) is 11.8 Å². The summed E-state index contributed by atoms with van der Waals surface area (Å²) in [6.07, 6.45) is 2.99. The molecule has 1 aromatic carbocycles. The van der Waals surface area contributed by atoms with Crippen molar-refractivity contribution in [2.45, 2.75) is 25.4 Å². The van der Waals surface area contributed by atoms with Crippen LogP contribution < -0.4 is 5.32 Å². The lowest BCUT2D eigenvalue weighted by molar-refractivity contribution is -0.113. The smallest absolute Gasteiger partial charge is 0.338 e. The third kappa shape index (κ3) is 6.10. The molecule has 0 aliphatic heterocycles. The molecular weight excluding hydrogens is 370 g/mol. The number of nitrogens with one attached hydrogen (secondary N) is 2. The first-order valence-electron chi connectivity index (χ1n) is 8.27. The van der Waals surface area contributed by atoms with Gasteiger partial charge in [-0.3, -0.25) is 4.79 Å². The SMILES string of the molecule is CCOC(=O)c1ccc(NC(=O)CSc2nc(CCSC)c(C)[nH]2)cc1. The number of aromatic nitrogens is 2. The molecule has 0 saturated heterocycles. The topological polar surface area (TPSA) is 84.1 Å². The molecule has 0 fully saturated rings. The molecule has 0 aliphatic rings. The minimum atomic E-state index is -0.369. The summed E-state index contributed by atoms with van der Waals surface area (Å²) in [4.78, 5) is 31.5. The standard InChI is InChI=1S/C18H23N3O3S2/c1-4-24-17(23)13-5-7-14(8-6-13)20-16(22)11-26-18-19-12(2)15(21-18)9-10-25-3/h5-8H,4,9-11H2,1-3H3,(H,19,21)(H,20,22). The maximum atomic E-state index is 12.1. The molecule has 1 aromatic heterocycles. The minimum absolute atomic E-state index is 0.126. The van der Waals surface area contributed by atoms with Gasteiger partial charge < -0.3 is 15.0 Å². The van der Waals surface area contributed by atoms with Crippen LogP contribution in [0.25, 0.3) is 0 Å². The van der Waals surface area contributed by atoms with Gasteiger partial charge >= 0.3 is 5.97 Å². The van der Waals surface area contributed by atoms with Crippen LogP contribution in [-0.4, -0.2) is 46.2 Å². The van der Waals surface area contributed by atoms with E-state index in [9.17, 15) is 9.59 Å². The van der Waals surface area contributed by atoms with Gasteiger partial charge in [0.15, 0.2) is 5.16 Å². The molecular formula is C18H23N3O3S2. The van der Waals surface area contributed by atoms with Crippen molar-refractivity contribution in [1.82, 2.24) is 9.97 Å². The van der Waals surface area contributed by atoms with Crippen LogP contribution in [0.4, 0.5) is 5.69 Å². The summed E-state index contributed by atoms with van der Waals surface area (Å²) in [5.41, 5.74) is 3.20. The molecule has 0 unspecified atom stereocenters. The van der Waals surface area contributed by atoms with Crippen LogP contribution in [0.1, 0.15) is 28.7 Å². The molecule has 2 rings (SSSR count). The molecule has 2 aromatic rings. The molecule has 26 heavy (non-hydrogen) atoms. The van der Waals surface area contributed by atoms with Gasteiger partial charge in [0.25, 0.3) is 0 Å². The fourth-order valence-electron chi connectivity index (χ4n) is 2.21. The van der Waals surface area contributed by atoms with Crippen LogP contribution in [0.5, 0.6) is 0 Å². The molecule has 0 saturated carbocycles. The first-order valence-corrected chi connectivity index (χ1v) is 10.7. The molecule has 0 bridgehead atoms. The molecule has 0 aliphatic carbocycles. The Bertz CT molecular complexity index is 745. The third-order valence-corrected chi connectivity index (χ3v) is 5.01. The van der Waals surface area contributed by atoms with E-state index in [1.165, 1.54) is 11.8 Å². The fourth-order valence-corrected chi connectivity index (χ4v) is 3.35. The van der Waals surface area contributed by atoms with Crippen LogP contribution in [0, 0.1) is 6.92 Å². The first-order chi connectivity index (χ1) is 12.5. The molecule has 1 heterocycles. The van der Waals surface area contributed by atoms with Crippen LogP contribution in [0.2, 0.25) is 0 Å². The number of ether oxygens (including phenoxy) is 1. The van der Waals surface area contributed by atoms with Gasteiger partial charge in [0.05, 0.1) is 23.6 Å². The molecule has 0 spiro atoms. The Labute approximate surface area is 161 Å².